The second kappa shape index (κ2) is 4.02. The highest BCUT2D eigenvalue weighted by Gasteiger charge is 2.23. The molecule has 2 aromatic heterocycles. The molecule has 0 N–H and O–H groups in total. The van der Waals surface area contributed by atoms with Crippen molar-refractivity contribution in [2.75, 3.05) is 0 Å². The van der Waals surface area contributed by atoms with Crippen LogP contribution in [0.5, 0.6) is 0 Å². The van der Waals surface area contributed by atoms with Gasteiger partial charge in [-0.1, -0.05) is 25.4 Å². The summed E-state index contributed by atoms with van der Waals surface area (Å²) >= 11 is 5.99. The third-order valence-corrected chi connectivity index (χ3v) is 4.13. The number of aryl methyl sites for hydroxylation is 1. The predicted molar refractivity (Wildman–Crippen MR) is 71.4 cm³/mol. The molecule has 0 aromatic carbocycles. The molecule has 1 atom stereocenters. The molecule has 2 nitrogen and oxygen atoms in total. The van der Waals surface area contributed by atoms with Crippen LogP contribution in [0.4, 0.5) is 0 Å². The van der Waals surface area contributed by atoms with E-state index in [-0.39, 0.29) is 0 Å². The normalized spacial score (nSPS) is 19.9. The Balaban J connectivity index is 2.07. The lowest BCUT2D eigenvalue weighted by atomic mass is 9.86. The number of rotatable bonds is 1. The molecule has 0 aliphatic carbocycles. The van der Waals surface area contributed by atoms with E-state index >= 15 is 0 Å². The van der Waals surface area contributed by atoms with Crippen LogP contribution >= 0.6 is 11.6 Å². The van der Waals surface area contributed by atoms with Crippen molar-refractivity contribution in [2.45, 2.75) is 33.2 Å². The van der Waals surface area contributed by atoms with Gasteiger partial charge >= 0.3 is 0 Å². The number of halogens is 1. The Labute approximate surface area is 107 Å². The molecule has 3 heteroatoms. The molecular formula is C14H17ClN2. The fourth-order valence-corrected chi connectivity index (χ4v) is 2.99. The maximum Gasteiger partial charge on any atom is 0.140 e. The van der Waals surface area contributed by atoms with E-state index in [9.17, 15) is 0 Å². The summed E-state index contributed by atoms with van der Waals surface area (Å²) in [5.41, 5.74) is 2.51. The maximum atomic E-state index is 5.99. The Morgan fingerprint density at radius 1 is 1.41 bits per heavy atom. The van der Waals surface area contributed by atoms with Crippen molar-refractivity contribution < 1.29 is 0 Å². The molecule has 3 heterocycles. The van der Waals surface area contributed by atoms with Crippen molar-refractivity contribution in [3.05, 3.63) is 29.0 Å². The van der Waals surface area contributed by atoms with Crippen molar-refractivity contribution in [2.24, 2.45) is 11.8 Å². The van der Waals surface area contributed by atoms with Gasteiger partial charge in [0.05, 0.1) is 5.02 Å². The molecule has 90 valence electrons. The molecular weight excluding hydrogens is 232 g/mol. The van der Waals surface area contributed by atoms with Gasteiger partial charge in [-0.05, 0) is 36.8 Å². The average Bonchev–Trinajstić information content (AvgIpc) is 2.64. The summed E-state index contributed by atoms with van der Waals surface area (Å²) < 4.78 is 2.35. The summed E-state index contributed by atoms with van der Waals surface area (Å²) in [6, 6.07) is 4.27. The standard InChI is InChI=1S/C14H17ClN2/c1-9(2)10-3-4-17-13(6-10)7-11-5-12(15)8-16-14(11)17/h5,7-10H,3-4,6H2,1-2H3. The first-order chi connectivity index (χ1) is 8.15. The average molecular weight is 249 g/mol. The van der Waals surface area contributed by atoms with Gasteiger partial charge in [0.15, 0.2) is 0 Å². The summed E-state index contributed by atoms with van der Waals surface area (Å²) in [4.78, 5) is 4.45. The van der Waals surface area contributed by atoms with E-state index in [0.717, 1.165) is 29.1 Å². The minimum absolute atomic E-state index is 0.723. The molecule has 3 rings (SSSR count). The van der Waals surface area contributed by atoms with Gasteiger partial charge in [-0.15, -0.1) is 0 Å². The zero-order valence-corrected chi connectivity index (χ0v) is 11.0. The number of pyridine rings is 1. The minimum Gasteiger partial charge on any atom is -0.330 e. The van der Waals surface area contributed by atoms with Gasteiger partial charge in [-0.3, -0.25) is 0 Å². The van der Waals surface area contributed by atoms with Crippen LogP contribution in [0.25, 0.3) is 11.0 Å². The first-order valence-corrected chi connectivity index (χ1v) is 6.66. The van der Waals surface area contributed by atoms with Crippen molar-refractivity contribution in [3.8, 4) is 0 Å². The van der Waals surface area contributed by atoms with Gasteiger partial charge in [-0.25, -0.2) is 4.98 Å². The van der Waals surface area contributed by atoms with Gasteiger partial charge in [0.1, 0.15) is 5.65 Å². The van der Waals surface area contributed by atoms with Crippen LogP contribution in [0.1, 0.15) is 26.0 Å². The number of fused-ring (bicyclic) bond motifs is 3. The molecule has 1 aliphatic heterocycles. The van der Waals surface area contributed by atoms with Crippen molar-refractivity contribution in [1.29, 1.82) is 0 Å². The van der Waals surface area contributed by atoms with Gasteiger partial charge in [0.25, 0.3) is 0 Å². The minimum atomic E-state index is 0.723. The Hall–Kier alpha value is -1.02. The van der Waals surface area contributed by atoms with Crippen LogP contribution in [0, 0.1) is 11.8 Å². The Kier molecular flexibility index (Phi) is 2.62. The monoisotopic (exact) mass is 248 g/mol. The molecule has 0 fully saturated rings. The number of hydrogen-bond donors (Lipinski definition) is 0. The highest BCUT2D eigenvalue weighted by Crippen LogP contribution is 2.31. The summed E-state index contributed by atoms with van der Waals surface area (Å²) in [6.07, 6.45) is 4.18. The number of hydrogen-bond acceptors (Lipinski definition) is 1. The Bertz CT molecular complexity index is 557. The van der Waals surface area contributed by atoms with Crippen LogP contribution in [-0.4, -0.2) is 9.55 Å². The van der Waals surface area contributed by atoms with Crippen LogP contribution in [0.2, 0.25) is 5.02 Å². The predicted octanol–water partition coefficient (Wildman–Crippen LogP) is 3.91. The zero-order chi connectivity index (χ0) is 12.0. The van der Waals surface area contributed by atoms with E-state index in [4.69, 9.17) is 11.6 Å². The van der Waals surface area contributed by atoms with Gasteiger partial charge in [-0.2, -0.15) is 0 Å². The highest BCUT2D eigenvalue weighted by atomic mass is 35.5. The van der Waals surface area contributed by atoms with Gasteiger partial charge in [0, 0.05) is 23.8 Å². The molecule has 0 saturated carbocycles. The first-order valence-electron chi connectivity index (χ1n) is 6.29. The molecule has 0 amide bonds. The van der Waals surface area contributed by atoms with E-state index in [1.54, 1.807) is 6.20 Å². The zero-order valence-electron chi connectivity index (χ0n) is 10.3. The smallest absolute Gasteiger partial charge is 0.140 e. The fourth-order valence-electron chi connectivity index (χ4n) is 2.83. The van der Waals surface area contributed by atoms with Crippen LogP contribution in [0.3, 0.4) is 0 Å². The molecule has 17 heavy (non-hydrogen) atoms. The molecule has 1 unspecified atom stereocenters. The first kappa shape index (κ1) is 11.1. The molecule has 0 bridgehead atoms. The molecule has 1 aliphatic rings. The van der Waals surface area contributed by atoms with Crippen LogP contribution in [0.15, 0.2) is 18.3 Å². The summed E-state index contributed by atoms with van der Waals surface area (Å²) in [7, 11) is 0. The third kappa shape index (κ3) is 1.85. The lowest BCUT2D eigenvalue weighted by Crippen LogP contribution is -2.22. The molecule has 0 radical (unpaired) electrons. The Morgan fingerprint density at radius 3 is 3.00 bits per heavy atom. The fraction of sp³-hybridized carbons (Fsp3) is 0.500. The van der Waals surface area contributed by atoms with Gasteiger partial charge < -0.3 is 4.57 Å². The quantitative estimate of drug-likeness (QED) is 0.748. The van der Waals surface area contributed by atoms with Crippen molar-refractivity contribution in [1.82, 2.24) is 9.55 Å². The van der Waals surface area contributed by atoms with E-state index in [1.165, 1.54) is 23.9 Å². The van der Waals surface area contributed by atoms with E-state index < -0.39 is 0 Å². The third-order valence-electron chi connectivity index (χ3n) is 3.92. The van der Waals surface area contributed by atoms with Crippen LogP contribution < -0.4 is 0 Å². The van der Waals surface area contributed by atoms with Crippen molar-refractivity contribution >= 4 is 22.6 Å². The molecule has 0 spiro atoms. The van der Waals surface area contributed by atoms with Crippen LogP contribution in [-0.2, 0) is 13.0 Å². The van der Waals surface area contributed by atoms with Gasteiger partial charge in [0.2, 0.25) is 0 Å². The Morgan fingerprint density at radius 2 is 2.24 bits per heavy atom. The maximum absolute atomic E-state index is 5.99. The SMILES string of the molecule is CC(C)C1CCn2c(cc3cc(Cl)cnc32)C1. The highest BCUT2D eigenvalue weighted by molar-refractivity contribution is 6.31. The summed E-state index contributed by atoms with van der Waals surface area (Å²) in [5, 5.41) is 1.90. The second-order valence-corrected chi connectivity index (χ2v) is 5.79. The second-order valence-electron chi connectivity index (χ2n) is 5.35. The van der Waals surface area contributed by atoms with Crippen molar-refractivity contribution in [3.63, 3.8) is 0 Å². The molecule has 2 aromatic rings. The summed E-state index contributed by atoms with van der Waals surface area (Å²) in [5.74, 6) is 1.57. The lowest BCUT2D eigenvalue weighted by Gasteiger charge is -2.27. The molecule has 0 saturated heterocycles. The number of nitrogens with zero attached hydrogens (tertiary/aromatic N) is 2. The topological polar surface area (TPSA) is 17.8 Å². The van der Waals surface area contributed by atoms with E-state index in [0.29, 0.717) is 0 Å². The lowest BCUT2D eigenvalue weighted by molar-refractivity contribution is 0.305. The van der Waals surface area contributed by atoms with E-state index in [1.807, 2.05) is 6.07 Å². The summed E-state index contributed by atoms with van der Waals surface area (Å²) in [6.45, 7) is 5.73. The largest absolute Gasteiger partial charge is 0.330 e. The number of aromatic nitrogens is 2. The van der Waals surface area contributed by atoms with E-state index in [2.05, 4.69) is 29.5 Å².